The minimum Gasteiger partial charge on any atom is -0.469 e. The van der Waals surface area contributed by atoms with Gasteiger partial charge in [0.05, 0.1) is 18.8 Å². The average molecular weight is 302 g/mol. The summed E-state index contributed by atoms with van der Waals surface area (Å²) in [6, 6.07) is 12.1. The predicted molar refractivity (Wildman–Crippen MR) is 88.2 cm³/mol. The summed E-state index contributed by atoms with van der Waals surface area (Å²) in [5.74, 6) is 2.26. The van der Waals surface area contributed by atoms with Gasteiger partial charge in [-0.05, 0) is 56.0 Å². The van der Waals surface area contributed by atoms with Gasteiger partial charge >= 0.3 is 0 Å². The highest BCUT2D eigenvalue weighted by molar-refractivity contribution is 5.29. The highest BCUT2D eigenvalue weighted by atomic mass is 16.7. The van der Waals surface area contributed by atoms with Crippen LogP contribution in [0.25, 0.3) is 0 Å². The lowest BCUT2D eigenvalue weighted by Crippen LogP contribution is -2.26. The molecule has 2 aromatic rings. The maximum atomic E-state index is 5.98. The Kier molecular flexibility index (Phi) is 6.08. The van der Waals surface area contributed by atoms with Gasteiger partial charge in [0.2, 0.25) is 6.29 Å². The number of rotatable bonds is 8. The molecule has 1 heterocycles. The van der Waals surface area contributed by atoms with E-state index in [0.29, 0.717) is 12.3 Å². The third-order valence-corrected chi connectivity index (χ3v) is 3.70. The molecule has 0 aliphatic rings. The fourth-order valence-electron chi connectivity index (χ4n) is 2.28. The summed E-state index contributed by atoms with van der Waals surface area (Å²) in [5.41, 5.74) is 1.34. The van der Waals surface area contributed by atoms with Crippen molar-refractivity contribution in [3.8, 4) is 5.75 Å². The summed E-state index contributed by atoms with van der Waals surface area (Å²) < 4.78 is 17.2. The van der Waals surface area contributed by atoms with Crippen molar-refractivity contribution in [2.24, 2.45) is 0 Å². The predicted octanol–water partition coefficient (Wildman–Crippen LogP) is 5.17. The quantitative estimate of drug-likeness (QED) is 0.631. The van der Waals surface area contributed by atoms with Crippen LogP contribution in [0, 0.1) is 0 Å². The van der Waals surface area contributed by atoms with E-state index in [1.165, 1.54) is 5.56 Å². The van der Waals surface area contributed by atoms with Gasteiger partial charge in [-0.1, -0.05) is 26.0 Å². The lowest BCUT2D eigenvalue weighted by atomic mass is 9.99. The molecule has 0 aliphatic heterocycles. The molecule has 0 fully saturated rings. The molecule has 0 amide bonds. The van der Waals surface area contributed by atoms with E-state index in [-0.39, 0.29) is 12.4 Å². The molecular weight excluding hydrogens is 276 g/mol. The SMILES string of the molecule is CCC(C)c1ccc(OC(Cc2ccco2)OC(C)C)cc1. The Morgan fingerprint density at radius 3 is 2.32 bits per heavy atom. The van der Waals surface area contributed by atoms with Gasteiger partial charge < -0.3 is 13.9 Å². The van der Waals surface area contributed by atoms with Crippen molar-refractivity contribution in [3.63, 3.8) is 0 Å². The van der Waals surface area contributed by atoms with Gasteiger partial charge in [0, 0.05) is 0 Å². The van der Waals surface area contributed by atoms with Crippen LogP contribution in [-0.4, -0.2) is 12.4 Å². The van der Waals surface area contributed by atoms with Crippen molar-refractivity contribution in [3.05, 3.63) is 54.0 Å². The zero-order chi connectivity index (χ0) is 15.9. The Balaban J connectivity index is 2.02. The van der Waals surface area contributed by atoms with E-state index >= 15 is 0 Å². The third-order valence-electron chi connectivity index (χ3n) is 3.70. The zero-order valence-corrected chi connectivity index (χ0v) is 13.9. The summed E-state index contributed by atoms with van der Waals surface area (Å²) in [7, 11) is 0. The number of hydrogen-bond acceptors (Lipinski definition) is 3. The summed E-state index contributed by atoms with van der Waals surface area (Å²) in [4.78, 5) is 0. The van der Waals surface area contributed by atoms with E-state index in [0.717, 1.165) is 17.9 Å². The van der Waals surface area contributed by atoms with E-state index in [9.17, 15) is 0 Å². The molecule has 1 aromatic carbocycles. The lowest BCUT2D eigenvalue weighted by molar-refractivity contribution is -0.108. The molecule has 3 heteroatoms. The topological polar surface area (TPSA) is 31.6 Å². The van der Waals surface area contributed by atoms with Crippen LogP contribution in [0.5, 0.6) is 5.75 Å². The molecule has 22 heavy (non-hydrogen) atoms. The Hall–Kier alpha value is -1.74. The summed E-state index contributed by atoms with van der Waals surface area (Å²) >= 11 is 0. The highest BCUT2D eigenvalue weighted by Crippen LogP contribution is 2.23. The van der Waals surface area contributed by atoms with E-state index in [1.807, 2.05) is 38.1 Å². The second-order valence-electron chi connectivity index (χ2n) is 5.89. The van der Waals surface area contributed by atoms with Crippen LogP contribution in [-0.2, 0) is 11.2 Å². The van der Waals surface area contributed by atoms with Gasteiger partial charge in [0.1, 0.15) is 11.5 Å². The monoisotopic (exact) mass is 302 g/mol. The Morgan fingerprint density at radius 1 is 1.05 bits per heavy atom. The fraction of sp³-hybridized carbons (Fsp3) is 0.474. The molecule has 0 saturated carbocycles. The molecule has 0 radical (unpaired) electrons. The molecule has 2 rings (SSSR count). The molecular formula is C19H26O3. The average Bonchev–Trinajstić information content (AvgIpc) is 2.99. The van der Waals surface area contributed by atoms with Crippen molar-refractivity contribution in [1.82, 2.24) is 0 Å². The van der Waals surface area contributed by atoms with Gasteiger partial charge in [0.25, 0.3) is 0 Å². The van der Waals surface area contributed by atoms with E-state index < -0.39 is 0 Å². The number of furan rings is 1. The van der Waals surface area contributed by atoms with Crippen molar-refractivity contribution in [1.29, 1.82) is 0 Å². The maximum absolute atomic E-state index is 5.98. The van der Waals surface area contributed by atoms with Crippen LogP contribution >= 0.6 is 0 Å². The van der Waals surface area contributed by atoms with Crippen LogP contribution in [0.1, 0.15) is 51.4 Å². The standard InChI is InChI=1S/C19H26O3/c1-5-15(4)16-8-10-17(11-9-16)22-19(21-14(2)3)13-18-7-6-12-20-18/h6-12,14-15,19H,5,13H2,1-4H3. The Bertz CT molecular complexity index is 528. The van der Waals surface area contributed by atoms with Crippen LogP contribution in [0.15, 0.2) is 47.1 Å². The molecule has 0 bridgehead atoms. The Morgan fingerprint density at radius 2 is 1.77 bits per heavy atom. The second kappa shape index (κ2) is 8.04. The van der Waals surface area contributed by atoms with Crippen LogP contribution < -0.4 is 4.74 Å². The van der Waals surface area contributed by atoms with Crippen LogP contribution in [0.2, 0.25) is 0 Å². The zero-order valence-electron chi connectivity index (χ0n) is 13.9. The molecule has 1 aromatic heterocycles. The summed E-state index contributed by atoms with van der Waals surface area (Å²) in [6.07, 6.45) is 3.15. The first-order valence-corrected chi connectivity index (χ1v) is 8.03. The first kappa shape index (κ1) is 16.6. The van der Waals surface area contributed by atoms with Crippen molar-refractivity contribution < 1.29 is 13.9 Å². The van der Waals surface area contributed by atoms with Crippen LogP contribution in [0.4, 0.5) is 0 Å². The number of hydrogen-bond donors (Lipinski definition) is 0. The smallest absolute Gasteiger partial charge is 0.207 e. The van der Waals surface area contributed by atoms with Crippen LogP contribution in [0.3, 0.4) is 0 Å². The van der Waals surface area contributed by atoms with Gasteiger partial charge in [0.15, 0.2) is 0 Å². The Labute approximate surface area is 133 Å². The van der Waals surface area contributed by atoms with Gasteiger partial charge in [-0.3, -0.25) is 0 Å². The number of benzene rings is 1. The molecule has 120 valence electrons. The molecule has 0 N–H and O–H groups in total. The molecule has 0 spiro atoms. The normalized spacial score (nSPS) is 14.0. The fourth-order valence-corrected chi connectivity index (χ4v) is 2.28. The lowest BCUT2D eigenvalue weighted by Gasteiger charge is -2.21. The molecule has 0 aliphatic carbocycles. The second-order valence-corrected chi connectivity index (χ2v) is 5.89. The number of ether oxygens (including phenoxy) is 2. The summed E-state index contributed by atoms with van der Waals surface area (Å²) in [5, 5.41) is 0. The highest BCUT2D eigenvalue weighted by Gasteiger charge is 2.16. The molecule has 2 unspecified atom stereocenters. The van der Waals surface area contributed by atoms with Gasteiger partial charge in [-0.25, -0.2) is 0 Å². The maximum Gasteiger partial charge on any atom is 0.207 e. The summed E-state index contributed by atoms with van der Waals surface area (Å²) in [6.45, 7) is 8.44. The minimum absolute atomic E-state index is 0.0966. The minimum atomic E-state index is -0.347. The van der Waals surface area contributed by atoms with Crippen molar-refractivity contribution >= 4 is 0 Å². The molecule has 3 nitrogen and oxygen atoms in total. The van der Waals surface area contributed by atoms with Crippen molar-refractivity contribution in [2.75, 3.05) is 0 Å². The van der Waals surface area contributed by atoms with Gasteiger partial charge in [-0.15, -0.1) is 0 Å². The first-order valence-electron chi connectivity index (χ1n) is 8.03. The largest absolute Gasteiger partial charge is 0.469 e. The first-order chi connectivity index (χ1) is 10.6. The molecule has 2 atom stereocenters. The van der Waals surface area contributed by atoms with E-state index in [2.05, 4.69) is 26.0 Å². The van der Waals surface area contributed by atoms with E-state index in [1.54, 1.807) is 6.26 Å². The third kappa shape index (κ3) is 4.92. The molecule has 0 saturated heterocycles. The van der Waals surface area contributed by atoms with Gasteiger partial charge in [-0.2, -0.15) is 0 Å². The van der Waals surface area contributed by atoms with Crippen molar-refractivity contribution in [2.45, 2.75) is 58.8 Å². The van der Waals surface area contributed by atoms with E-state index in [4.69, 9.17) is 13.9 Å².